The fourth-order valence-electron chi connectivity index (χ4n) is 4.27. The summed E-state index contributed by atoms with van der Waals surface area (Å²) in [6.45, 7) is 3.61. The molecule has 1 heterocycles. The van der Waals surface area contributed by atoms with Crippen molar-refractivity contribution < 1.29 is 24.2 Å². The molecule has 0 spiro atoms. The van der Waals surface area contributed by atoms with Gasteiger partial charge in [-0.2, -0.15) is 0 Å². The molecular formula is C26H26N4O5. The zero-order valence-corrected chi connectivity index (χ0v) is 18.9. The summed E-state index contributed by atoms with van der Waals surface area (Å²) in [6.07, 6.45) is 3.73. The maximum Gasteiger partial charge on any atom is 0.407 e. The quantitative estimate of drug-likeness (QED) is 0.334. The molecule has 2 amide bonds. The van der Waals surface area contributed by atoms with Gasteiger partial charge in [0, 0.05) is 24.2 Å². The number of imidazole rings is 1. The van der Waals surface area contributed by atoms with Crippen molar-refractivity contribution in [3.05, 3.63) is 90.5 Å². The third-order valence-corrected chi connectivity index (χ3v) is 5.95. The van der Waals surface area contributed by atoms with Crippen LogP contribution in [0.15, 0.2) is 73.7 Å². The van der Waals surface area contributed by atoms with Crippen molar-refractivity contribution in [2.24, 2.45) is 0 Å². The largest absolute Gasteiger partial charge is 0.480 e. The summed E-state index contributed by atoms with van der Waals surface area (Å²) in [7, 11) is 0. The van der Waals surface area contributed by atoms with E-state index in [4.69, 9.17) is 4.74 Å². The predicted octanol–water partition coefficient (Wildman–Crippen LogP) is 3.01. The molecule has 9 heteroatoms. The molecule has 0 saturated heterocycles. The Hall–Kier alpha value is -4.40. The number of ether oxygens (including phenoxy) is 1. The molecule has 0 bridgehead atoms. The number of carbonyl (C=O) groups excluding carboxylic acids is 2. The molecule has 2 aromatic carbocycles. The van der Waals surface area contributed by atoms with Crippen LogP contribution in [0.3, 0.4) is 0 Å². The first-order valence-electron chi connectivity index (χ1n) is 11.2. The maximum atomic E-state index is 12.9. The van der Waals surface area contributed by atoms with E-state index in [1.807, 2.05) is 48.5 Å². The number of benzene rings is 2. The number of aromatic amines is 1. The van der Waals surface area contributed by atoms with Gasteiger partial charge < -0.3 is 25.5 Å². The first kappa shape index (κ1) is 23.7. The number of carboxylic acid groups (broad SMARTS) is 1. The molecule has 9 nitrogen and oxygen atoms in total. The van der Waals surface area contributed by atoms with Gasteiger partial charge >= 0.3 is 12.1 Å². The summed E-state index contributed by atoms with van der Waals surface area (Å²) >= 11 is 0. The maximum absolute atomic E-state index is 12.9. The molecule has 2 atom stereocenters. The van der Waals surface area contributed by atoms with Gasteiger partial charge in [0.2, 0.25) is 5.91 Å². The Morgan fingerprint density at radius 1 is 1.06 bits per heavy atom. The van der Waals surface area contributed by atoms with Gasteiger partial charge in [0.05, 0.1) is 6.33 Å². The molecule has 4 N–H and O–H groups in total. The number of aromatic nitrogens is 2. The number of amides is 2. The highest BCUT2D eigenvalue weighted by atomic mass is 16.5. The highest BCUT2D eigenvalue weighted by Gasteiger charge is 2.30. The Kier molecular flexibility index (Phi) is 7.25. The van der Waals surface area contributed by atoms with Crippen LogP contribution in [0.4, 0.5) is 4.79 Å². The highest BCUT2D eigenvalue weighted by Crippen LogP contribution is 2.44. The first-order valence-corrected chi connectivity index (χ1v) is 11.2. The van der Waals surface area contributed by atoms with E-state index in [2.05, 4.69) is 27.2 Å². The van der Waals surface area contributed by atoms with Crippen molar-refractivity contribution in [3.8, 4) is 11.1 Å². The minimum atomic E-state index is -1.19. The van der Waals surface area contributed by atoms with E-state index < -0.39 is 30.1 Å². The first-order chi connectivity index (χ1) is 17.0. The number of H-pyrrole nitrogens is 1. The van der Waals surface area contributed by atoms with Gasteiger partial charge in [-0.3, -0.25) is 4.79 Å². The topological polar surface area (TPSA) is 133 Å². The van der Waals surface area contributed by atoms with Gasteiger partial charge in [-0.1, -0.05) is 54.6 Å². The lowest BCUT2D eigenvalue weighted by molar-refractivity contribution is -0.142. The molecule has 1 aromatic heterocycles. The van der Waals surface area contributed by atoms with Crippen LogP contribution in [-0.4, -0.2) is 51.7 Å². The van der Waals surface area contributed by atoms with Crippen molar-refractivity contribution in [2.75, 3.05) is 6.61 Å². The molecule has 1 aliphatic rings. The molecule has 1 aliphatic carbocycles. The lowest BCUT2D eigenvalue weighted by Gasteiger charge is -2.21. The molecular weight excluding hydrogens is 448 g/mol. The van der Waals surface area contributed by atoms with Crippen LogP contribution in [0.2, 0.25) is 0 Å². The Balaban J connectivity index is 1.45. The monoisotopic (exact) mass is 474 g/mol. The fraction of sp³-hybridized carbons (Fsp3) is 0.231. The van der Waals surface area contributed by atoms with E-state index in [-0.39, 0.29) is 25.4 Å². The molecule has 0 fully saturated rings. The Morgan fingerprint density at radius 3 is 2.29 bits per heavy atom. The molecule has 0 radical (unpaired) electrons. The van der Waals surface area contributed by atoms with Crippen molar-refractivity contribution in [3.63, 3.8) is 0 Å². The number of carbonyl (C=O) groups is 3. The van der Waals surface area contributed by atoms with E-state index in [0.717, 1.165) is 22.3 Å². The zero-order valence-electron chi connectivity index (χ0n) is 18.9. The minimum Gasteiger partial charge on any atom is -0.480 e. The van der Waals surface area contributed by atoms with Crippen LogP contribution in [0.25, 0.3) is 11.1 Å². The summed E-state index contributed by atoms with van der Waals surface area (Å²) in [4.78, 5) is 43.9. The predicted molar refractivity (Wildman–Crippen MR) is 129 cm³/mol. The third-order valence-electron chi connectivity index (χ3n) is 5.95. The number of aliphatic carboxylic acids is 1. The summed E-state index contributed by atoms with van der Waals surface area (Å²) in [5.41, 5.74) is 4.95. The second-order valence-electron chi connectivity index (χ2n) is 8.23. The number of alkyl carbamates (subject to hydrolysis) is 1. The molecule has 3 aromatic rings. The van der Waals surface area contributed by atoms with E-state index >= 15 is 0 Å². The molecule has 0 saturated carbocycles. The van der Waals surface area contributed by atoms with Gasteiger partial charge in [-0.25, -0.2) is 14.6 Å². The fourth-order valence-corrected chi connectivity index (χ4v) is 4.27. The van der Waals surface area contributed by atoms with Crippen LogP contribution in [-0.2, 0) is 20.7 Å². The summed E-state index contributed by atoms with van der Waals surface area (Å²) in [5.74, 6) is -1.97. The number of hydrogen-bond acceptors (Lipinski definition) is 5. The van der Waals surface area contributed by atoms with Crippen LogP contribution >= 0.6 is 0 Å². The van der Waals surface area contributed by atoms with Crippen LogP contribution in [0.5, 0.6) is 0 Å². The van der Waals surface area contributed by atoms with E-state index in [1.165, 1.54) is 18.6 Å². The van der Waals surface area contributed by atoms with Gasteiger partial charge in [-0.15, -0.1) is 6.58 Å². The van der Waals surface area contributed by atoms with Crippen LogP contribution < -0.4 is 10.6 Å². The van der Waals surface area contributed by atoms with Gasteiger partial charge in [0.25, 0.3) is 0 Å². The second-order valence-corrected chi connectivity index (χ2v) is 8.23. The van der Waals surface area contributed by atoms with Crippen LogP contribution in [0, 0.1) is 0 Å². The van der Waals surface area contributed by atoms with Gasteiger partial charge in [-0.05, 0) is 28.7 Å². The standard InChI is InChI=1S/C26H26N4O5/c1-2-7-22(25(32)33)29-24(31)23(12-16-13-27-15-28-16)30-26(34)35-14-21-19-10-5-3-8-17(19)18-9-4-6-11-20(18)21/h2-6,8-11,13,15,21-23H,1,7,12,14H2,(H,27,28)(H,29,31)(H,30,34)(H,32,33)/t22?,23-/m0/s1. The number of fused-ring (bicyclic) bond motifs is 3. The Labute approximate surface area is 202 Å². The smallest absolute Gasteiger partial charge is 0.407 e. The van der Waals surface area contributed by atoms with Crippen molar-refractivity contribution >= 4 is 18.0 Å². The van der Waals surface area contributed by atoms with Crippen molar-refractivity contribution in [1.82, 2.24) is 20.6 Å². The summed E-state index contributed by atoms with van der Waals surface area (Å²) < 4.78 is 5.55. The summed E-state index contributed by atoms with van der Waals surface area (Å²) in [6, 6.07) is 13.7. The average Bonchev–Trinajstić information content (AvgIpc) is 3.48. The number of hydrogen-bond donors (Lipinski definition) is 4. The number of nitrogens with one attached hydrogen (secondary N) is 3. The van der Waals surface area contributed by atoms with E-state index in [9.17, 15) is 19.5 Å². The third kappa shape index (κ3) is 5.40. The molecule has 1 unspecified atom stereocenters. The van der Waals surface area contributed by atoms with Gasteiger partial charge in [0.1, 0.15) is 18.7 Å². The van der Waals surface area contributed by atoms with Crippen LogP contribution in [0.1, 0.15) is 29.2 Å². The minimum absolute atomic E-state index is 0.0444. The van der Waals surface area contributed by atoms with Crippen molar-refractivity contribution in [2.45, 2.75) is 30.8 Å². The number of nitrogens with zero attached hydrogens (tertiary/aromatic N) is 1. The normalized spacial score (nSPS) is 13.7. The second kappa shape index (κ2) is 10.7. The Morgan fingerprint density at radius 2 is 1.71 bits per heavy atom. The lowest BCUT2D eigenvalue weighted by atomic mass is 9.98. The number of rotatable bonds is 10. The molecule has 35 heavy (non-hydrogen) atoms. The zero-order chi connectivity index (χ0) is 24.8. The number of carboxylic acids is 1. The van der Waals surface area contributed by atoms with E-state index in [1.54, 1.807) is 0 Å². The SMILES string of the molecule is C=CCC(NC(=O)[C@H](Cc1cnc[nH]1)NC(=O)OCC1c2ccccc2-c2ccccc21)C(=O)O. The van der Waals surface area contributed by atoms with Gasteiger partial charge in [0.15, 0.2) is 0 Å². The highest BCUT2D eigenvalue weighted by molar-refractivity contribution is 5.89. The Bertz CT molecular complexity index is 1180. The molecule has 180 valence electrons. The van der Waals surface area contributed by atoms with E-state index in [0.29, 0.717) is 5.69 Å². The molecule has 0 aliphatic heterocycles. The molecule has 4 rings (SSSR count). The van der Waals surface area contributed by atoms with Crippen molar-refractivity contribution in [1.29, 1.82) is 0 Å². The summed E-state index contributed by atoms with van der Waals surface area (Å²) in [5, 5.41) is 14.4. The average molecular weight is 475 g/mol. The lowest BCUT2D eigenvalue weighted by Crippen LogP contribution is -2.52.